The molecule has 3 nitrogen and oxygen atoms in total. The van der Waals surface area contributed by atoms with Crippen LogP contribution in [0.25, 0.3) is 0 Å². The van der Waals surface area contributed by atoms with E-state index in [4.69, 9.17) is 10.5 Å². The number of benzene rings is 2. The molecule has 0 amide bonds. The maximum Gasteiger partial charge on any atom is 0.166 e. The van der Waals surface area contributed by atoms with Crippen LogP contribution >= 0.6 is 0 Å². The van der Waals surface area contributed by atoms with Crippen LogP contribution < -0.4 is 10.5 Å². The van der Waals surface area contributed by atoms with Crippen LogP contribution in [0.3, 0.4) is 0 Å². The second-order valence-electron chi connectivity index (χ2n) is 4.44. The predicted molar refractivity (Wildman–Crippen MR) is 75.5 cm³/mol. The Bertz CT molecular complexity index is 534. The summed E-state index contributed by atoms with van der Waals surface area (Å²) >= 11 is 0. The predicted octanol–water partition coefficient (Wildman–Crippen LogP) is 3.26. The van der Waals surface area contributed by atoms with Gasteiger partial charge < -0.3 is 10.5 Å². The van der Waals surface area contributed by atoms with Crippen LogP contribution in [0.5, 0.6) is 11.5 Å². The van der Waals surface area contributed by atoms with Gasteiger partial charge in [-0.1, -0.05) is 25.1 Å². The van der Waals surface area contributed by atoms with Gasteiger partial charge in [-0.3, -0.25) is 4.79 Å². The molecule has 0 radical (unpaired) electrons. The van der Waals surface area contributed by atoms with E-state index in [9.17, 15) is 4.79 Å². The van der Waals surface area contributed by atoms with Crippen molar-refractivity contribution in [3.8, 4) is 11.5 Å². The van der Waals surface area contributed by atoms with Crippen LogP contribution in [-0.4, -0.2) is 12.3 Å². The molecule has 0 saturated carbocycles. The molecule has 1 atom stereocenters. The summed E-state index contributed by atoms with van der Waals surface area (Å²) in [4.78, 5) is 11.9. The number of carbonyl (C=O) groups is 1. The molecule has 0 fully saturated rings. The normalized spacial score (nSPS) is 11.9. The maximum atomic E-state index is 11.9. The summed E-state index contributed by atoms with van der Waals surface area (Å²) in [6, 6.07) is 16.7. The zero-order valence-electron chi connectivity index (χ0n) is 10.9. The van der Waals surface area contributed by atoms with E-state index in [2.05, 4.69) is 0 Å². The molecule has 0 saturated heterocycles. The number of Topliss-reactive ketones (excluding diaryl/α,β-unsaturated/α-hetero) is 1. The standard InChI is InChI=1S/C16H17NO2/c1-12(11-17)16(18)13-7-9-15(10-8-13)19-14-5-3-2-4-6-14/h2-10,12H,11,17H2,1H3. The van der Waals surface area contributed by atoms with Crippen molar-refractivity contribution in [2.75, 3.05) is 6.54 Å². The van der Waals surface area contributed by atoms with Crippen molar-refractivity contribution in [1.29, 1.82) is 0 Å². The summed E-state index contributed by atoms with van der Waals surface area (Å²) < 4.78 is 5.66. The lowest BCUT2D eigenvalue weighted by Crippen LogP contribution is -2.20. The first-order valence-corrected chi connectivity index (χ1v) is 6.28. The van der Waals surface area contributed by atoms with Crippen molar-refractivity contribution >= 4 is 5.78 Å². The van der Waals surface area contributed by atoms with Crippen LogP contribution in [-0.2, 0) is 0 Å². The Hall–Kier alpha value is -2.13. The van der Waals surface area contributed by atoms with Crippen LogP contribution in [0.2, 0.25) is 0 Å². The highest BCUT2D eigenvalue weighted by Crippen LogP contribution is 2.21. The van der Waals surface area contributed by atoms with Crippen LogP contribution in [0.1, 0.15) is 17.3 Å². The van der Waals surface area contributed by atoms with E-state index in [1.165, 1.54) is 0 Å². The number of para-hydroxylation sites is 1. The summed E-state index contributed by atoms with van der Waals surface area (Å²) in [6.07, 6.45) is 0. The van der Waals surface area contributed by atoms with Crippen LogP contribution in [0, 0.1) is 5.92 Å². The van der Waals surface area contributed by atoms with Crippen LogP contribution in [0.15, 0.2) is 54.6 Å². The van der Waals surface area contributed by atoms with Gasteiger partial charge in [-0.05, 0) is 36.4 Å². The van der Waals surface area contributed by atoms with Crippen LogP contribution in [0.4, 0.5) is 0 Å². The minimum absolute atomic E-state index is 0.0637. The molecule has 0 aliphatic carbocycles. The fourth-order valence-corrected chi connectivity index (χ4v) is 1.70. The number of hydrogen-bond acceptors (Lipinski definition) is 3. The molecule has 19 heavy (non-hydrogen) atoms. The number of ether oxygens (including phenoxy) is 1. The second-order valence-corrected chi connectivity index (χ2v) is 4.44. The molecule has 0 aliphatic heterocycles. The molecular weight excluding hydrogens is 238 g/mol. The van der Waals surface area contributed by atoms with Gasteiger partial charge in [-0.15, -0.1) is 0 Å². The molecule has 2 N–H and O–H groups in total. The molecule has 2 aromatic rings. The van der Waals surface area contributed by atoms with Gasteiger partial charge in [0, 0.05) is 18.0 Å². The minimum atomic E-state index is -0.152. The van der Waals surface area contributed by atoms with Crippen molar-refractivity contribution in [2.45, 2.75) is 6.92 Å². The van der Waals surface area contributed by atoms with Gasteiger partial charge in [-0.25, -0.2) is 0 Å². The van der Waals surface area contributed by atoms with E-state index in [1.807, 2.05) is 37.3 Å². The third kappa shape index (κ3) is 3.42. The first-order valence-electron chi connectivity index (χ1n) is 6.28. The number of carbonyl (C=O) groups excluding carboxylic acids is 1. The van der Waals surface area contributed by atoms with Gasteiger partial charge in [0.2, 0.25) is 0 Å². The fraction of sp³-hybridized carbons (Fsp3) is 0.188. The van der Waals surface area contributed by atoms with E-state index in [0.29, 0.717) is 17.9 Å². The van der Waals surface area contributed by atoms with Gasteiger partial charge >= 0.3 is 0 Å². The van der Waals surface area contributed by atoms with E-state index in [1.54, 1.807) is 24.3 Å². The Labute approximate surface area is 113 Å². The second kappa shape index (κ2) is 6.16. The number of rotatable bonds is 5. The Morgan fingerprint density at radius 3 is 2.21 bits per heavy atom. The highest BCUT2D eigenvalue weighted by Gasteiger charge is 2.13. The van der Waals surface area contributed by atoms with Crippen molar-refractivity contribution in [3.05, 3.63) is 60.2 Å². The summed E-state index contributed by atoms with van der Waals surface area (Å²) in [7, 11) is 0. The summed E-state index contributed by atoms with van der Waals surface area (Å²) in [6.45, 7) is 2.19. The molecule has 0 aromatic heterocycles. The number of nitrogens with two attached hydrogens (primary N) is 1. The van der Waals surface area contributed by atoms with E-state index < -0.39 is 0 Å². The lowest BCUT2D eigenvalue weighted by molar-refractivity contribution is 0.0934. The molecule has 2 aromatic carbocycles. The zero-order chi connectivity index (χ0) is 13.7. The topological polar surface area (TPSA) is 52.3 Å². The van der Waals surface area contributed by atoms with Crippen molar-refractivity contribution in [3.63, 3.8) is 0 Å². The van der Waals surface area contributed by atoms with E-state index >= 15 is 0 Å². The lowest BCUT2D eigenvalue weighted by Gasteiger charge is -2.09. The third-order valence-corrected chi connectivity index (χ3v) is 2.92. The quantitative estimate of drug-likeness (QED) is 0.834. The average Bonchev–Trinajstić information content (AvgIpc) is 2.47. The molecule has 1 unspecified atom stereocenters. The average molecular weight is 255 g/mol. The highest BCUT2D eigenvalue weighted by atomic mass is 16.5. The molecule has 0 aliphatic rings. The zero-order valence-corrected chi connectivity index (χ0v) is 10.9. The van der Waals surface area contributed by atoms with Gasteiger partial charge in [0.05, 0.1) is 0 Å². The van der Waals surface area contributed by atoms with Crippen molar-refractivity contribution in [1.82, 2.24) is 0 Å². The fourth-order valence-electron chi connectivity index (χ4n) is 1.70. The Kier molecular flexibility index (Phi) is 4.31. The maximum absolute atomic E-state index is 11.9. The van der Waals surface area contributed by atoms with Gasteiger partial charge in [0.1, 0.15) is 11.5 Å². The first-order chi connectivity index (χ1) is 9.20. The van der Waals surface area contributed by atoms with Crippen molar-refractivity contribution in [2.24, 2.45) is 11.7 Å². The molecule has 3 heteroatoms. The Morgan fingerprint density at radius 2 is 1.63 bits per heavy atom. The summed E-state index contributed by atoms with van der Waals surface area (Å²) in [5.74, 6) is 1.40. The smallest absolute Gasteiger partial charge is 0.166 e. The summed E-state index contributed by atoms with van der Waals surface area (Å²) in [5, 5.41) is 0. The van der Waals surface area contributed by atoms with E-state index in [0.717, 1.165) is 5.75 Å². The molecular formula is C16H17NO2. The summed E-state index contributed by atoms with van der Waals surface area (Å²) in [5.41, 5.74) is 6.16. The molecule has 98 valence electrons. The van der Waals surface area contributed by atoms with Gasteiger partial charge in [-0.2, -0.15) is 0 Å². The molecule has 0 bridgehead atoms. The first kappa shape index (κ1) is 13.3. The third-order valence-electron chi connectivity index (χ3n) is 2.92. The number of ketones is 1. The SMILES string of the molecule is CC(CN)C(=O)c1ccc(Oc2ccccc2)cc1. The highest BCUT2D eigenvalue weighted by molar-refractivity contribution is 5.97. The van der Waals surface area contributed by atoms with Gasteiger partial charge in [0.15, 0.2) is 5.78 Å². The lowest BCUT2D eigenvalue weighted by atomic mass is 10.00. The largest absolute Gasteiger partial charge is 0.457 e. The molecule has 0 heterocycles. The number of hydrogen-bond donors (Lipinski definition) is 1. The molecule has 2 rings (SSSR count). The van der Waals surface area contributed by atoms with Gasteiger partial charge in [0.25, 0.3) is 0 Å². The molecule has 0 spiro atoms. The Morgan fingerprint density at radius 1 is 1.05 bits per heavy atom. The van der Waals surface area contributed by atoms with E-state index in [-0.39, 0.29) is 11.7 Å². The minimum Gasteiger partial charge on any atom is -0.457 e. The van der Waals surface area contributed by atoms with Crippen molar-refractivity contribution < 1.29 is 9.53 Å². The monoisotopic (exact) mass is 255 g/mol. The Balaban J connectivity index is 2.09.